The van der Waals surface area contributed by atoms with Gasteiger partial charge in [-0.15, -0.1) is 0 Å². The third kappa shape index (κ3) is 4.24. The molecule has 2 aliphatic heterocycles. The summed E-state index contributed by atoms with van der Waals surface area (Å²) in [6.45, 7) is 0.312. The van der Waals surface area contributed by atoms with Crippen LogP contribution in [-0.4, -0.2) is 75.0 Å². The molecule has 5 atom stereocenters. The predicted molar refractivity (Wildman–Crippen MR) is 72.2 cm³/mol. The molecule has 0 radical (unpaired) electrons. The number of likely N-dealkylation sites (tertiary alicyclic amines) is 1. The molecule has 2 rings (SSSR count). The van der Waals surface area contributed by atoms with E-state index in [0.29, 0.717) is 25.9 Å². The molecule has 2 aliphatic rings. The fraction of sp³-hybridized carbons (Fsp3) is 0.909. The van der Waals surface area contributed by atoms with Gasteiger partial charge in [0.05, 0.1) is 12.5 Å². The summed E-state index contributed by atoms with van der Waals surface area (Å²) in [6.07, 6.45) is -3.20. The Morgan fingerprint density at radius 1 is 1.36 bits per heavy atom. The van der Waals surface area contributed by atoms with Gasteiger partial charge < -0.3 is 30.5 Å². The first-order valence-electron chi connectivity index (χ1n) is 6.94. The van der Waals surface area contributed by atoms with Gasteiger partial charge in [0, 0.05) is 13.1 Å². The molecule has 6 N–H and O–H groups in total. The third-order valence-electron chi connectivity index (χ3n) is 3.96. The van der Waals surface area contributed by atoms with Gasteiger partial charge in [-0.2, -0.15) is 0 Å². The normalized spacial score (nSPS) is 37.4. The second kappa shape index (κ2) is 6.90. The Labute approximate surface area is 127 Å². The van der Waals surface area contributed by atoms with Crippen molar-refractivity contribution in [2.45, 2.75) is 37.4 Å². The van der Waals surface area contributed by atoms with Gasteiger partial charge in [0.25, 0.3) is 0 Å². The second-order valence-electron chi connectivity index (χ2n) is 5.57. The van der Waals surface area contributed by atoms with Gasteiger partial charge in [-0.1, -0.05) is 0 Å². The van der Waals surface area contributed by atoms with E-state index in [-0.39, 0.29) is 5.92 Å². The van der Waals surface area contributed by atoms with Crippen LogP contribution in [-0.2, 0) is 18.6 Å². The largest absolute Gasteiger partial charge is 0.469 e. The molecule has 0 aliphatic carbocycles. The van der Waals surface area contributed by atoms with Crippen LogP contribution >= 0.6 is 7.82 Å². The van der Waals surface area contributed by atoms with Gasteiger partial charge >= 0.3 is 7.82 Å². The van der Waals surface area contributed by atoms with Crippen LogP contribution in [0.4, 0.5) is 0 Å². The first-order chi connectivity index (χ1) is 10.2. The average molecular weight is 340 g/mol. The standard InChI is InChI=1S/C11H21N2O8P/c12-10(16)6-2-1-3-13(4-6)11-9(15)8(14)7(21-11)5-20-22(17,18)19/h6-9,11,14-15H,1-5H2,(H2,12,16)(H2,17,18,19)/t6?,7-,8-,9-,11?/m1/s1. The summed E-state index contributed by atoms with van der Waals surface area (Å²) in [7, 11) is -4.69. The van der Waals surface area contributed by atoms with Crippen molar-refractivity contribution in [3.8, 4) is 0 Å². The average Bonchev–Trinajstić information content (AvgIpc) is 2.72. The Morgan fingerprint density at radius 2 is 2.05 bits per heavy atom. The second-order valence-corrected chi connectivity index (χ2v) is 6.81. The van der Waals surface area contributed by atoms with Crippen LogP contribution in [0.15, 0.2) is 0 Å². The summed E-state index contributed by atoms with van der Waals surface area (Å²) in [4.78, 5) is 30.3. The van der Waals surface area contributed by atoms with Crippen LogP contribution in [0.1, 0.15) is 12.8 Å². The van der Waals surface area contributed by atoms with Crippen LogP contribution < -0.4 is 5.73 Å². The van der Waals surface area contributed by atoms with Crippen molar-refractivity contribution < 1.29 is 38.6 Å². The van der Waals surface area contributed by atoms with Crippen LogP contribution in [0.3, 0.4) is 0 Å². The highest BCUT2D eigenvalue weighted by Gasteiger charge is 2.47. The van der Waals surface area contributed by atoms with Gasteiger partial charge in [-0.05, 0) is 12.8 Å². The number of hydrogen-bond donors (Lipinski definition) is 5. The number of nitrogens with zero attached hydrogens (tertiary/aromatic N) is 1. The maximum atomic E-state index is 11.3. The quantitative estimate of drug-likeness (QED) is 0.348. The highest BCUT2D eigenvalue weighted by atomic mass is 31.2. The first-order valence-corrected chi connectivity index (χ1v) is 8.47. The Hall–Kier alpha value is -0.580. The zero-order valence-corrected chi connectivity index (χ0v) is 12.7. The lowest BCUT2D eigenvalue weighted by molar-refractivity contribution is -0.131. The molecule has 128 valence electrons. The molecule has 0 aromatic carbocycles. The van der Waals surface area contributed by atoms with Gasteiger partial charge in [-0.3, -0.25) is 14.2 Å². The number of carbonyl (C=O) groups excluding carboxylic acids is 1. The molecule has 0 aromatic rings. The molecule has 2 fully saturated rings. The summed E-state index contributed by atoms with van der Waals surface area (Å²) in [5.74, 6) is -0.786. The summed E-state index contributed by atoms with van der Waals surface area (Å²) in [5, 5.41) is 20.0. The number of piperidine rings is 1. The van der Waals surface area contributed by atoms with Gasteiger partial charge in [0.15, 0.2) is 0 Å². The Balaban J connectivity index is 1.97. The highest BCUT2D eigenvalue weighted by molar-refractivity contribution is 7.46. The highest BCUT2D eigenvalue weighted by Crippen LogP contribution is 2.37. The molecule has 0 saturated carbocycles. The third-order valence-corrected chi connectivity index (χ3v) is 4.44. The molecule has 0 spiro atoms. The Kier molecular flexibility index (Phi) is 5.57. The van der Waals surface area contributed by atoms with E-state index in [0.717, 1.165) is 0 Å². The number of carbonyl (C=O) groups is 1. The van der Waals surface area contributed by atoms with E-state index < -0.39 is 44.9 Å². The topological polar surface area (TPSA) is 163 Å². The monoisotopic (exact) mass is 340 g/mol. The number of ether oxygens (including phenoxy) is 1. The van der Waals surface area contributed by atoms with Gasteiger partial charge in [-0.25, -0.2) is 4.57 Å². The van der Waals surface area contributed by atoms with E-state index in [1.165, 1.54) is 0 Å². The number of aliphatic hydroxyl groups excluding tert-OH is 2. The van der Waals surface area contributed by atoms with E-state index >= 15 is 0 Å². The lowest BCUT2D eigenvalue weighted by Crippen LogP contribution is -2.50. The molecule has 0 bridgehead atoms. The Morgan fingerprint density at radius 3 is 2.64 bits per heavy atom. The summed E-state index contributed by atoms with van der Waals surface area (Å²) in [5.41, 5.74) is 5.29. The summed E-state index contributed by atoms with van der Waals surface area (Å²) >= 11 is 0. The lowest BCUT2D eigenvalue weighted by Gasteiger charge is -2.36. The number of phosphoric ester groups is 1. The van der Waals surface area contributed by atoms with Crippen LogP contribution in [0.25, 0.3) is 0 Å². The van der Waals surface area contributed by atoms with Crippen molar-refractivity contribution in [3.05, 3.63) is 0 Å². The fourth-order valence-corrected chi connectivity index (χ4v) is 3.15. The molecule has 2 saturated heterocycles. The van der Waals surface area contributed by atoms with Gasteiger partial charge in [0.2, 0.25) is 5.91 Å². The van der Waals surface area contributed by atoms with E-state index in [2.05, 4.69) is 4.52 Å². The van der Waals surface area contributed by atoms with Crippen molar-refractivity contribution in [2.24, 2.45) is 11.7 Å². The van der Waals surface area contributed by atoms with E-state index in [1.54, 1.807) is 4.90 Å². The van der Waals surface area contributed by atoms with Crippen LogP contribution in [0.2, 0.25) is 0 Å². The van der Waals surface area contributed by atoms with E-state index in [9.17, 15) is 19.6 Å². The molecule has 1 amide bonds. The van der Waals surface area contributed by atoms with E-state index in [4.69, 9.17) is 20.3 Å². The molecular formula is C11H21N2O8P. The zero-order chi connectivity index (χ0) is 16.5. The Bertz CT molecular complexity index is 457. The number of nitrogens with two attached hydrogens (primary N) is 1. The van der Waals surface area contributed by atoms with Crippen molar-refractivity contribution in [3.63, 3.8) is 0 Å². The van der Waals surface area contributed by atoms with Crippen molar-refractivity contribution >= 4 is 13.7 Å². The number of aliphatic hydroxyl groups is 2. The van der Waals surface area contributed by atoms with Crippen LogP contribution in [0, 0.1) is 5.92 Å². The number of primary amides is 1. The minimum atomic E-state index is -4.69. The minimum absolute atomic E-state index is 0.301. The predicted octanol–water partition coefficient (Wildman–Crippen LogP) is -2.26. The molecule has 11 heteroatoms. The molecule has 10 nitrogen and oxygen atoms in total. The van der Waals surface area contributed by atoms with E-state index in [1.807, 2.05) is 0 Å². The molecule has 0 aromatic heterocycles. The smallest absolute Gasteiger partial charge is 0.387 e. The number of hydrogen-bond acceptors (Lipinski definition) is 7. The number of rotatable bonds is 5. The summed E-state index contributed by atoms with van der Waals surface area (Å²) < 4.78 is 20.4. The van der Waals surface area contributed by atoms with Crippen molar-refractivity contribution in [1.29, 1.82) is 0 Å². The van der Waals surface area contributed by atoms with Gasteiger partial charge in [0.1, 0.15) is 24.5 Å². The summed E-state index contributed by atoms with van der Waals surface area (Å²) in [6, 6.07) is 0. The van der Waals surface area contributed by atoms with Crippen LogP contribution in [0.5, 0.6) is 0 Å². The number of phosphoric acid groups is 1. The molecule has 22 heavy (non-hydrogen) atoms. The minimum Gasteiger partial charge on any atom is -0.387 e. The number of amides is 1. The molecule has 2 heterocycles. The maximum absolute atomic E-state index is 11.3. The first kappa shape index (κ1) is 17.8. The lowest BCUT2D eigenvalue weighted by atomic mass is 9.96. The molecular weight excluding hydrogens is 319 g/mol. The fourth-order valence-electron chi connectivity index (χ4n) is 2.81. The van der Waals surface area contributed by atoms with Crippen molar-refractivity contribution in [1.82, 2.24) is 4.90 Å². The maximum Gasteiger partial charge on any atom is 0.469 e. The zero-order valence-electron chi connectivity index (χ0n) is 11.8. The van der Waals surface area contributed by atoms with Crippen molar-refractivity contribution in [2.75, 3.05) is 19.7 Å². The molecule has 2 unspecified atom stereocenters. The SMILES string of the molecule is NC(=O)C1CCCN(C2O[C@H](COP(=O)(O)O)[C@@H](O)[C@H]2O)C1.